The van der Waals surface area contributed by atoms with E-state index < -0.39 is 0 Å². The lowest BCUT2D eigenvalue weighted by atomic mass is 10.2. The van der Waals surface area contributed by atoms with Crippen LogP contribution in [-0.4, -0.2) is 0 Å². The number of hydrogen-bond acceptors (Lipinski definition) is 2. The van der Waals surface area contributed by atoms with Crippen LogP contribution >= 0.6 is 11.3 Å². The third-order valence-electron chi connectivity index (χ3n) is 1.76. The fraction of sp³-hybridized carbons (Fsp3) is 0.625. The average molecular weight is 171 g/mol. The first-order valence-corrected chi connectivity index (χ1v) is 4.82. The van der Waals surface area contributed by atoms with Crippen LogP contribution in [0.3, 0.4) is 0 Å². The summed E-state index contributed by atoms with van der Waals surface area (Å²) in [5, 5.41) is 3.39. The van der Waals surface area contributed by atoms with E-state index in [4.69, 9.17) is 5.84 Å². The van der Waals surface area contributed by atoms with Crippen LogP contribution in [0.15, 0.2) is 5.38 Å². The zero-order chi connectivity index (χ0) is 8.43. The molecule has 0 aliphatic carbocycles. The molecule has 62 valence electrons. The topological polar surface area (TPSA) is 29.9 Å². The highest BCUT2D eigenvalue weighted by Gasteiger charge is 2.18. The molecule has 2 N–H and O–H groups in total. The number of aromatic nitrogens is 1. The molecule has 1 rings (SSSR count). The van der Waals surface area contributed by atoms with E-state index in [1.807, 2.05) is 4.68 Å². The van der Waals surface area contributed by atoms with E-state index in [1.165, 1.54) is 10.7 Å². The van der Waals surface area contributed by atoms with Gasteiger partial charge in [0, 0.05) is 12.3 Å². The maximum atomic E-state index is 5.84. The summed E-state index contributed by atoms with van der Waals surface area (Å²) in [7, 11) is 0. The minimum absolute atomic E-state index is 0.525. The van der Waals surface area contributed by atoms with Crippen LogP contribution in [0.4, 0.5) is 0 Å². The van der Waals surface area contributed by atoms with Gasteiger partial charge in [-0.2, -0.15) is 0 Å². The van der Waals surface area contributed by atoms with Crippen molar-refractivity contribution in [1.82, 2.24) is 0 Å². The lowest BCUT2D eigenvalue weighted by Gasteiger charge is -1.95. The van der Waals surface area contributed by atoms with E-state index in [9.17, 15) is 0 Å². The van der Waals surface area contributed by atoms with Crippen molar-refractivity contribution in [3.05, 3.63) is 16.1 Å². The molecule has 0 atom stereocenters. The average Bonchev–Trinajstić information content (AvgIpc) is 2.30. The molecule has 3 heteroatoms. The molecule has 0 aliphatic heterocycles. The largest absolute Gasteiger partial charge is 0.266 e. The first-order valence-electron chi connectivity index (χ1n) is 3.94. The van der Waals surface area contributed by atoms with E-state index in [0.29, 0.717) is 5.92 Å². The number of thiazole rings is 1. The number of rotatable bonds is 2. The molecule has 0 aliphatic rings. The van der Waals surface area contributed by atoms with Gasteiger partial charge in [-0.1, -0.05) is 36.8 Å². The normalized spacial score (nSPS) is 10.9. The Bertz CT molecular complexity index is 240. The van der Waals surface area contributed by atoms with Gasteiger partial charge >= 0.3 is 0 Å². The van der Waals surface area contributed by atoms with Crippen LogP contribution in [0.2, 0.25) is 0 Å². The van der Waals surface area contributed by atoms with Gasteiger partial charge in [-0.25, -0.2) is 5.84 Å². The SMILES string of the molecule is CCc1scc(C(C)C)[n+]1N. The Morgan fingerprint density at radius 3 is 2.55 bits per heavy atom. The molecular formula is C8H15N2S+. The number of hydrogen-bond donors (Lipinski definition) is 1. The summed E-state index contributed by atoms with van der Waals surface area (Å²) in [4.78, 5) is 0. The van der Waals surface area contributed by atoms with Gasteiger partial charge in [-0.05, 0) is 0 Å². The Balaban J connectivity index is 3.00. The van der Waals surface area contributed by atoms with Crippen LogP contribution in [0.25, 0.3) is 0 Å². The second-order valence-corrected chi connectivity index (χ2v) is 3.88. The Labute approximate surface area is 71.6 Å². The zero-order valence-corrected chi connectivity index (χ0v) is 8.11. The molecule has 0 spiro atoms. The summed E-state index contributed by atoms with van der Waals surface area (Å²) in [6, 6.07) is 0. The molecule has 0 unspecified atom stereocenters. The highest BCUT2D eigenvalue weighted by Crippen LogP contribution is 2.14. The van der Waals surface area contributed by atoms with Crippen LogP contribution < -0.4 is 10.5 Å². The smallest absolute Gasteiger partial charge is 0.204 e. The number of nitrogen functional groups attached to an aromatic ring is 1. The fourth-order valence-electron chi connectivity index (χ4n) is 1.05. The number of aryl methyl sites for hydroxylation is 1. The van der Waals surface area contributed by atoms with Crippen molar-refractivity contribution in [2.75, 3.05) is 5.84 Å². The number of nitrogens with zero attached hydrogens (tertiary/aromatic N) is 1. The first-order chi connectivity index (χ1) is 5.16. The lowest BCUT2D eigenvalue weighted by molar-refractivity contribution is -0.650. The second-order valence-electron chi connectivity index (χ2n) is 2.93. The molecule has 1 heterocycles. The highest BCUT2D eigenvalue weighted by molar-refractivity contribution is 7.09. The molecule has 0 amide bonds. The van der Waals surface area contributed by atoms with Gasteiger partial charge in [0.25, 0.3) is 5.01 Å². The summed E-state index contributed by atoms with van der Waals surface area (Å²) < 4.78 is 1.81. The van der Waals surface area contributed by atoms with Crippen LogP contribution in [0.5, 0.6) is 0 Å². The molecule has 1 aromatic rings. The van der Waals surface area contributed by atoms with Crippen LogP contribution in [0, 0.1) is 0 Å². The van der Waals surface area contributed by atoms with Crippen LogP contribution in [-0.2, 0) is 6.42 Å². The van der Waals surface area contributed by atoms with Gasteiger partial charge in [-0.3, -0.25) is 0 Å². The van der Waals surface area contributed by atoms with E-state index in [-0.39, 0.29) is 0 Å². The maximum absolute atomic E-state index is 5.84. The molecule has 1 aromatic heterocycles. The van der Waals surface area contributed by atoms with Crippen molar-refractivity contribution in [2.45, 2.75) is 33.1 Å². The van der Waals surface area contributed by atoms with Crippen molar-refractivity contribution < 1.29 is 4.68 Å². The summed E-state index contributed by atoms with van der Waals surface area (Å²) in [5.74, 6) is 6.37. The highest BCUT2D eigenvalue weighted by atomic mass is 32.1. The monoisotopic (exact) mass is 171 g/mol. The Morgan fingerprint density at radius 2 is 2.27 bits per heavy atom. The van der Waals surface area contributed by atoms with Crippen LogP contribution in [0.1, 0.15) is 37.4 Å². The van der Waals surface area contributed by atoms with Gasteiger partial charge < -0.3 is 0 Å². The summed E-state index contributed by atoms with van der Waals surface area (Å²) in [6.07, 6.45) is 1.02. The van der Waals surface area contributed by atoms with Crippen molar-refractivity contribution in [3.8, 4) is 0 Å². The minimum Gasteiger partial charge on any atom is -0.204 e. The zero-order valence-electron chi connectivity index (χ0n) is 7.29. The van der Waals surface area contributed by atoms with Gasteiger partial charge in [0.15, 0.2) is 0 Å². The number of nitrogens with two attached hydrogens (primary N) is 1. The maximum Gasteiger partial charge on any atom is 0.266 e. The molecule has 0 fully saturated rings. The summed E-state index contributed by atoms with van der Waals surface area (Å²) in [6.45, 7) is 6.44. The first kappa shape index (κ1) is 8.53. The van der Waals surface area contributed by atoms with Gasteiger partial charge in [0.1, 0.15) is 0 Å². The third-order valence-corrected chi connectivity index (χ3v) is 2.87. The Hall–Kier alpha value is -0.570. The van der Waals surface area contributed by atoms with Crippen molar-refractivity contribution in [2.24, 2.45) is 0 Å². The van der Waals surface area contributed by atoms with Gasteiger partial charge in [-0.15, -0.1) is 0 Å². The van der Waals surface area contributed by atoms with E-state index in [2.05, 4.69) is 26.2 Å². The lowest BCUT2D eigenvalue weighted by Crippen LogP contribution is -2.49. The third kappa shape index (κ3) is 1.53. The molecule has 0 aromatic carbocycles. The fourth-order valence-corrected chi connectivity index (χ4v) is 2.08. The predicted molar refractivity (Wildman–Crippen MR) is 48.1 cm³/mol. The van der Waals surface area contributed by atoms with Crippen molar-refractivity contribution in [3.63, 3.8) is 0 Å². The van der Waals surface area contributed by atoms with E-state index >= 15 is 0 Å². The molecule has 0 saturated carbocycles. The Morgan fingerprint density at radius 1 is 1.64 bits per heavy atom. The summed E-state index contributed by atoms with van der Waals surface area (Å²) >= 11 is 1.74. The molecule has 2 nitrogen and oxygen atoms in total. The Kier molecular flexibility index (Phi) is 2.49. The van der Waals surface area contributed by atoms with Crippen molar-refractivity contribution in [1.29, 1.82) is 0 Å². The molecule has 11 heavy (non-hydrogen) atoms. The molecule has 0 radical (unpaired) electrons. The molecule has 0 saturated heterocycles. The van der Waals surface area contributed by atoms with E-state index in [0.717, 1.165) is 6.42 Å². The van der Waals surface area contributed by atoms with Gasteiger partial charge in [0.05, 0.1) is 5.38 Å². The molecular weight excluding hydrogens is 156 g/mol. The summed E-state index contributed by atoms with van der Waals surface area (Å²) in [5.41, 5.74) is 1.23. The predicted octanol–water partition coefficient (Wildman–Crippen LogP) is 1.44. The van der Waals surface area contributed by atoms with Gasteiger partial charge in [0.2, 0.25) is 5.69 Å². The van der Waals surface area contributed by atoms with Crippen molar-refractivity contribution >= 4 is 11.3 Å². The quantitative estimate of drug-likeness (QED) is 0.529. The molecule has 0 bridgehead atoms. The second kappa shape index (κ2) is 3.22. The van der Waals surface area contributed by atoms with E-state index in [1.54, 1.807) is 11.3 Å². The standard InChI is InChI=1S/C8H15N2S/c1-4-8-10(9)7(5-11-8)6(2)3/h5-6H,4,9H2,1-3H3/q+1. The minimum atomic E-state index is 0.525.